The molecule has 0 aromatic heterocycles. The highest BCUT2D eigenvalue weighted by Crippen LogP contribution is 2.32. The Balaban J connectivity index is 1.55. The monoisotopic (exact) mass is 584 g/mol. The number of hydrogen-bond donors (Lipinski definition) is 3. The smallest absolute Gasteiger partial charge is 0.308 e. The first-order valence-corrected chi connectivity index (χ1v) is 13.6. The van der Waals surface area contributed by atoms with E-state index in [-0.39, 0.29) is 46.3 Å². The van der Waals surface area contributed by atoms with Crippen molar-refractivity contribution in [3.63, 3.8) is 0 Å². The first kappa shape index (κ1) is 32.2. The highest BCUT2D eigenvalue weighted by Gasteiger charge is 2.24. The zero-order chi connectivity index (χ0) is 30.8. The number of carbonyl (C=O) groups is 5. The molecule has 0 saturated heterocycles. The van der Waals surface area contributed by atoms with Crippen molar-refractivity contribution in [2.45, 2.75) is 59.6 Å². The van der Waals surface area contributed by atoms with E-state index in [2.05, 4.69) is 10.6 Å². The molecule has 42 heavy (non-hydrogen) atoms. The molecule has 3 N–H and O–H groups in total. The van der Waals surface area contributed by atoms with E-state index < -0.39 is 30.1 Å². The van der Waals surface area contributed by atoms with E-state index in [1.165, 1.54) is 58.0 Å². The molecule has 12 nitrogen and oxygen atoms in total. The highest BCUT2D eigenvalue weighted by atomic mass is 16.6. The lowest BCUT2D eigenvalue weighted by atomic mass is 9.81. The van der Waals surface area contributed by atoms with Gasteiger partial charge in [-0.15, -0.1) is 0 Å². The summed E-state index contributed by atoms with van der Waals surface area (Å²) >= 11 is 0. The van der Waals surface area contributed by atoms with Gasteiger partial charge in [0.1, 0.15) is 6.23 Å². The van der Waals surface area contributed by atoms with E-state index in [0.717, 1.165) is 25.7 Å². The molecule has 0 radical (unpaired) electrons. The van der Waals surface area contributed by atoms with Crippen molar-refractivity contribution < 1.29 is 48.0 Å². The van der Waals surface area contributed by atoms with Gasteiger partial charge in [0.05, 0.1) is 0 Å². The number of ether oxygens (including phenoxy) is 4. The lowest BCUT2D eigenvalue weighted by Crippen LogP contribution is -2.35. The molecule has 1 aliphatic carbocycles. The normalized spacial score (nSPS) is 17.0. The third-order valence-electron chi connectivity index (χ3n) is 6.55. The van der Waals surface area contributed by atoms with Gasteiger partial charge in [-0.1, -0.05) is 12.5 Å². The second-order valence-electron chi connectivity index (χ2n) is 10.2. The number of benzene rings is 2. The van der Waals surface area contributed by atoms with E-state index >= 15 is 0 Å². The van der Waals surface area contributed by atoms with E-state index in [4.69, 9.17) is 18.9 Å². The summed E-state index contributed by atoms with van der Waals surface area (Å²) in [5.74, 6) is -2.10. The SMILES string of the molecule is CC(=O)Oc1ccc(C(=O)NCC2CCCC(CNC(O)c3ccc(OC(C)=O)c(OC(C)=O)c3)C2)cc1OC(C)=O. The molecule has 12 heteroatoms. The first-order valence-electron chi connectivity index (χ1n) is 13.6. The van der Waals surface area contributed by atoms with Crippen LogP contribution in [0.25, 0.3) is 0 Å². The summed E-state index contributed by atoms with van der Waals surface area (Å²) in [4.78, 5) is 58.4. The van der Waals surface area contributed by atoms with Crippen molar-refractivity contribution in [1.29, 1.82) is 0 Å². The number of rotatable bonds is 11. The van der Waals surface area contributed by atoms with Crippen LogP contribution in [0.4, 0.5) is 0 Å². The van der Waals surface area contributed by atoms with Gasteiger partial charge in [-0.05, 0) is 67.0 Å². The van der Waals surface area contributed by atoms with Crippen LogP contribution in [-0.2, 0) is 19.2 Å². The maximum Gasteiger partial charge on any atom is 0.308 e. The molecule has 1 saturated carbocycles. The van der Waals surface area contributed by atoms with Gasteiger partial charge in [0.25, 0.3) is 5.91 Å². The maximum atomic E-state index is 12.8. The van der Waals surface area contributed by atoms with Gasteiger partial charge in [-0.25, -0.2) is 0 Å². The van der Waals surface area contributed by atoms with Crippen LogP contribution in [0.3, 0.4) is 0 Å². The molecule has 3 atom stereocenters. The number of hydrogen-bond acceptors (Lipinski definition) is 11. The van der Waals surface area contributed by atoms with Gasteiger partial charge in [0.2, 0.25) is 0 Å². The molecule has 0 spiro atoms. The summed E-state index contributed by atoms with van der Waals surface area (Å²) in [6.45, 7) is 5.84. The van der Waals surface area contributed by atoms with Gasteiger partial charge in [-0.3, -0.25) is 29.3 Å². The Morgan fingerprint density at radius 3 is 1.81 bits per heavy atom. The Morgan fingerprint density at radius 1 is 0.738 bits per heavy atom. The van der Waals surface area contributed by atoms with E-state index in [9.17, 15) is 29.1 Å². The van der Waals surface area contributed by atoms with Crippen LogP contribution in [0.5, 0.6) is 23.0 Å². The molecule has 0 bridgehead atoms. The summed E-state index contributed by atoms with van der Waals surface area (Å²) in [6, 6.07) is 8.73. The highest BCUT2D eigenvalue weighted by molar-refractivity contribution is 5.95. The van der Waals surface area contributed by atoms with Crippen LogP contribution in [0.2, 0.25) is 0 Å². The summed E-state index contributed by atoms with van der Waals surface area (Å²) in [5, 5.41) is 16.8. The van der Waals surface area contributed by atoms with Crippen molar-refractivity contribution in [2.75, 3.05) is 13.1 Å². The van der Waals surface area contributed by atoms with Gasteiger partial charge in [0.15, 0.2) is 23.0 Å². The minimum absolute atomic E-state index is 0.0197. The van der Waals surface area contributed by atoms with Crippen LogP contribution >= 0.6 is 0 Å². The number of nitrogens with one attached hydrogen (secondary N) is 2. The minimum Gasteiger partial charge on any atom is -0.423 e. The lowest BCUT2D eigenvalue weighted by Gasteiger charge is -2.30. The minimum atomic E-state index is -1.05. The second-order valence-corrected chi connectivity index (χ2v) is 10.2. The quantitative estimate of drug-likeness (QED) is 0.202. The van der Waals surface area contributed by atoms with Crippen LogP contribution in [0.1, 0.15) is 75.5 Å². The van der Waals surface area contributed by atoms with E-state index in [1.807, 2.05) is 0 Å². The molecule has 2 aromatic carbocycles. The molecule has 226 valence electrons. The molecule has 0 heterocycles. The average molecular weight is 585 g/mol. The third kappa shape index (κ3) is 9.96. The van der Waals surface area contributed by atoms with Crippen molar-refractivity contribution in [3.8, 4) is 23.0 Å². The van der Waals surface area contributed by atoms with Crippen LogP contribution in [0.15, 0.2) is 36.4 Å². The predicted octanol–water partition coefficient (Wildman–Crippen LogP) is 3.20. The molecule has 3 unspecified atom stereocenters. The van der Waals surface area contributed by atoms with Crippen LogP contribution < -0.4 is 29.6 Å². The van der Waals surface area contributed by atoms with Crippen LogP contribution in [0, 0.1) is 11.8 Å². The Kier molecular flexibility index (Phi) is 11.6. The lowest BCUT2D eigenvalue weighted by molar-refractivity contribution is -0.134. The number of carbonyl (C=O) groups excluding carboxylic acids is 5. The first-order chi connectivity index (χ1) is 19.9. The Labute approximate surface area is 243 Å². The molecular weight excluding hydrogens is 548 g/mol. The second kappa shape index (κ2) is 15.1. The predicted molar refractivity (Wildman–Crippen MR) is 149 cm³/mol. The van der Waals surface area contributed by atoms with E-state index in [0.29, 0.717) is 18.7 Å². The Hall–Kier alpha value is -4.29. The summed E-state index contributed by atoms with van der Waals surface area (Å²) in [6.07, 6.45) is 2.63. The summed E-state index contributed by atoms with van der Waals surface area (Å²) in [7, 11) is 0. The summed E-state index contributed by atoms with van der Waals surface area (Å²) in [5.41, 5.74) is 0.696. The standard InChI is InChI=1S/C30H36N2O10/c1-17(33)39-25-10-8-23(13-27(25)41-19(3)35)29(37)31-15-21-6-5-7-22(12-21)16-32-30(38)24-9-11-26(40-18(2)34)28(14-24)42-20(4)36/h8-11,13-14,21-22,29,31,37H,5-7,12,15-16H2,1-4H3,(H,32,38). The maximum absolute atomic E-state index is 12.8. The fourth-order valence-corrected chi connectivity index (χ4v) is 4.80. The van der Waals surface area contributed by atoms with Crippen molar-refractivity contribution >= 4 is 29.8 Å². The van der Waals surface area contributed by atoms with Crippen molar-refractivity contribution in [2.24, 2.45) is 11.8 Å². The Morgan fingerprint density at radius 2 is 1.24 bits per heavy atom. The summed E-state index contributed by atoms with van der Waals surface area (Å²) < 4.78 is 20.4. The number of aliphatic hydroxyl groups excluding tert-OH is 1. The topological polar surface area (TPSA) is 167 Å². The molecule has 2 aromatic rings. The molecule has 3 rings (SSSR count). The average Bonchev–Trinajstić information content (AvgIpc) is 2.91. The van der Waals surface area contributed by atoms with Gasteiger partial charge >= 0.3 is 23.9 Å². The number of aliphatic hydroxyl groups is 1. The molecule has 0 aliphatic heterocycles. The fourth-order valence-electron chi connectivity index (χ4n) is 4.80. The van der Waals surface area contributed by atoms with Gasteiger partial charge in [-0.2, -0.15) is 0 Å². The Bertz CT molecular complexity index is 1330. The molecule has 1 amide bonds. The zero-order valence-corrected chi connectivity index (χ0v) is 24.1. The van der Waals surface area contributed by atoms with Crippen LogP contribution in [-0.4, -0.2) is 48.0 Å². The zero-order valence-electron chi connectivity index (χ0n) is 24.1. The van der Waals surface area contributed by atoms with Gasteiger partial charge < -0.3 is 29.4 Å². The largest absolute Gasteiger partial charge is 0.423 e. The number of amides is 1. The van der Waals surface area contributed by atoms with Gasteiger partial charge in [0, 0.05) is 46.3 Å². The third-order valence-corrected chi connectivity index (χ3v) is 6.55. The molecule has 1 aliphatic rings. The molecule has 1 fully saturated rings. The number of esters is 4. The van der Waals surface area contributed by atoms with Crippen molar-refractivity contribution in [3.05, 3.63) is 47.5 Å². The molecular formula is C30H36N2O10. The van der Waals surface area contributed by atoms with Crippen molar-refractivity contribution in [1.82, 2.24) is 10.6 Å². The fraction of sp³-hybridized carbons (Fsp3) is 0.433. The van der Waals surface area contributed by atoms with E-state index in [1.54, 1.807) is 6.07 Å².